The SMILES string of the molecule is CCCCC/C=C/C=C\C=C/[C@H](O)[C@H](C)[C@H](C/C=C/C1OC(=O)C=C[C@@H]1O)OS(=O)(=O)[O-]. The molecule has 9 heteroatoms. The largest absolute Gasteiger partial charge is 0.726 e. The fraction of sp³-hybridized carbons (Fsp3) is 0.522. The third kappa shape index (κ3) is 12.1. The lowest BCUT2D eigenvalue weighted by atomic mass is 9.95. The van der Waals surface area contributed by atoms with Crippen LogP contribution >= 0.6 is 0 Å². The maximum absolute atomic E-state index is 11.3. The quantitative estimate of drug-likeness (QED) is 0.0991. The number of esters is 1. The Labute approximate surface area is 190 Å². The zero-order chi connectivity index (χ0) is 24.0. The summed E-state index contributed by atoms with van der Waals surface area (Å²) in [7, 11) is -5.01. The molecule has 180 valence electrons. The first-order valence-electron chi connectivity index (χ1n) is 10.7. The standard InChI is InChI=1S/C23H34O8S/c1-3-4-5-6-7-8-9-10-11-13-19(24)18(2)21(31-32(27,28)29)14-12-15-22-20(25)16-17-23(26)30-22/h7-13,15-22,24-25H,3-6,14H2,1-2H3,(H,27,28,29)/p-1/b8-7+,10-9-,13-11-,15-12+/t18-,19-,20-,21-,22?/m0/s1. The van der Waals surface area contributed by atoms with Crippen molar-refractivity contribution >= 4 is 16.4 Å². The fourth-order valence-electron chi connectivity index (χ4n) is 2.91. The average Bonchev–Trinajstić information content (AvgIpc) is 2.72. The van der Waals surface area contributed by atoms with Gasteiger partial charge in [-0.3, -0.25) is 4.18 Å². The number of ether oxygens (including phenoxy) is 1. The topological polar surface area (TPSA) is 133 Å². The van der Waals surface area contributed by atoms with Crippen LogP contribution in [-0.4, -0.2) is 53.6 Å². The molecule has 0 aromatic rings. The molecule has 2 N–H and O–H groups in total. The van der Waals surface area contributed by atoms with E-state index >= 15 is 0 Å². The van der Waals surface area contributed by atoms with Gasteiger partial charge in [0.05, 0.1) is 12.2 Å². The van der Waals surface area contributed by atoms with Crippen molar-refractivity contribution in [2.24, 2.45) is 5.92 Å². The van der Waals surface area contributed by atoms with E-state index in [4.69, 9.17) is 4.74 Å². The Kier molecular flexibility index (Phi) is 13.0. The molecular weight excluding hydrogens is 436 g/mol. The van der Waals surface area contributed by atoms with Crippen LogP contribution in [0.1, 0.15) is 46.0 Å². The number of unbranched alkanes of at least 4 members (excludes halogenated alkanes) is 3. The van der Waals surface area contributed by atoms with E-state index in [1.54, 1.807) is 19.1 Å². The minimum Gasteiger partial charge on any atom is -0.726 e. The monoisotopic (exact) mass is 469 g/mol. The number of hydrogen-bond donors (Lipinski definition) is 2. The van der Waals surface area contributed by atoms with Crippen LogP contribution in [0, 0.1) is 5.92 Å². The fourth-order valence-corrected chi connectivity index (χ4v) is 3.47. The zero-order valence-electron chi connectivity index (χ0n) is 18.4. The van der Waals surface area contributed by atoms with E-state index in [1.807, 2.05) is 12.2 Å². The first kappa shape index (κ1) is 28.0. The molecular formula is C23H33O8S-. The van der Waals surface area contributed by atoms with Crippen molar-refractivity contribution in [1.82, 2.24) is 0 Å². The van der Waals surface area contributed by atoms with Gasteiger partial charge in [-0.2, -0.15) is 0 Å². The second-order valence-electron chi connectivity index (χ2n) is 7.50. The average molecular weight is 470 g/mol. The van der Waals surface area contributed by atoms with Crippen molar-refractivity contribution in [1.29, 1.82) is 0 Å². The Morgan fingerprint density at radius 3 is 2.62 bits per heavy atom. The Morgan fingerprint density at radius 2 is 1.94 bits per heavy atom. The van der Waals surface area contributed by atoms with Crippen molar-refractivity contribution in [3.8, 4) is 0 Å². The van der Waals surface area contributed by atoms with Crippen LogP contribution in [0.5, 0.6) is 0 Å². The smallest absolute Gasteiger partial charge is 0.331 e. The predicted octanol–water partition coefficient (Wildman–Crippen LogP) is 2.87. The van der Waals surface area contributed by atoms with E-state index in [1.165, 1.54) is 37.1 Å². The van der Waals surface area contributed by atoms with Gasteiger partial charge in [-0.25, -0.2) is 13.2 Å². The van der Waals surface area contributed by atoms with Gasteiger partial charge in [-0.1, -0.05) is 69.2 Å². The Balaban J connectivity index is 2.67. The number of carbonyl (C=O) groups excluding carboxylic acids is 1. The van der Waals surface area contributed by atoms with E-state index in [0.29, 0.717) is 0 Å². The predicted molar refractivity (Wildman–Crippen MR) is 120 cm³/mol. The lowest BCUT2D eigenvalue weighted by Gasteiger charge is -2.27. The molecule has 1 rings (SSSR count). The minimum absolute atomic E-state index is 0.0612. The maximum atomic E-state index is 11.3. The molecule has 0 aromatic heterocycles. The van der Waals surface area contributed by atoms with Gasteiger partial charge < -0.3 is 19.5 Å². The molecule has 0 aliphatic carbocycles. The zero-order valence-corrected chi connectivity index (χ0v) is 19.3. The van der Waals surface area contributed by atoms with Crippen molar-refractivity contribution in [2.75, 3.05) is 0 Å². The summed E-state index contributed by atoms with van der Waals surface area (Å²) in [5.74, 6) is -1.35. The van der Waals surface area contributed by atoms with E-state index in [9.17, 15) is 28.0 Å². The number of allylic oxidation sites excluding steroid dienone is 5. The van der Waals surface area contributed by atoms with E-state index in [2.05, 4.69) is 17.2 Å². The summed E-state index contributed by atoms with van der Waals surface area (Å²) in [4.78, 5) is 11.3. The molecule has 0 saturated heterocycles. The van der Waals surface area contributed by atoms with Gasteiger partial charge in [0.15, 0.2) is 0 Å². The molecule has 8 nitrogen and oxygen atoms in total. The van der Waals surface area contributed by atoms with Crippen LogP contribution in [-0.2, 0) is 24.1 Å². The molecule has 0 saturated carbocycles. The molecule has 0 fully saturated rings. The van der Waals surface area contributed by atoms with Crippen LogP contribution in [0.15, 0.2) is 60.8 Å². The lowest BCUT2D eigenvalue weighted by Crippen LogP contribution is -2.33. The number of hydrogen-bond acceptors (Lipinski definition) is 8. The van der Waals surface area contributed by atoms with Crippen LogP contribution in [0.25, 0.3) is 0 Å². The molecule has 1 aliphatic heterocycles. The van der Waals surface area contributed by atoms with Crippen LogP contribution in [0.4, 0.5) is 0 Å². The number of aliphatic hydroxyl groups is 2. The third-order valence-corrected chi connectivity index (χ3v) is 5.31. The number of rotatable bonds is 14. The first-order valence-corrected chi connectivity index (χ1v) is 12.0. The summed E-state index contributed by atoms with van der Waals surface area (Å²) in [6.45, 7) is 3.70. The first-order chi connectivity index (χ1) is 15.1. The molecule has 32 heavy (non-hydrogen) atoms. The summed E-state index contributed by atoms with van der Waals surface area (Å²) in [6, 6.07) is 0. The Bertz CT molecular complexity index is 810. The Hall–Kier alpha value is -2.04. The van der Waals surface area contributed by atoms with Crippen molar-refractivity contribution in [2.45, 2.75) is 70.4 Å². The molecule has 0 amide bonds. The highest BCUT2D eigenvalue weighted by Gasteiger charge is 2.26. The van der Waals surface area contributed by atoms with Crippen LogP contribution < -0.4 is 0 Å². The Morgan fingerprint density at radius 1 is 1.22 bits per heavy atom. The lowest BCUT2D eigenvalue weighted by molar-refractivity contribution is -0.146. The van der Waals surface area contributed by atoms with Crippen molar-refractivity contribution < 1.29 is 36.9 Å². The van der Waals surface area contributed by atoms with Gasteiger partial charge in [-0.15, -0.1) is 0 Å². The van der Waals surface area contributed by atoms with Gasteiger partial charge in [-0.05, 0) is 31.4 Å². The maximum Gasteiger partial charge on any atom is 0.331 e. The normalized spacial score (nSPS) is 22.8. The van der Waals surface area contributed by atoms with Crippen molar-refractivity contribution in [3.63, 3.8) is 0 Å². The minimum atomic E-state index is -5.01. The van der Waals surface area contributed by atoms with Gasteiger partial charge in [0.25, 0.3) is 0 Å². The molecule has 0 aromatic carbocycles. The molecule has 1 aliphatic rings. The van der Waals surface area contributed by atoms with Gasteiger partial charge in [0.2, 0.25) is 10.4 Å². The molecule has 0 spiro atoms. The van der Waals surface area contributed by atoms with Gasteiger partial charge >= 0.3 is 5.97 Å². The van der Waals surface area contributed by atoms with Gasteiger partial charge in [0.1, 0.15) is 12.2 Å². The third-order valence-electron chi connectivity index (χ3n) is 4.83. The molecule has 0 bridgehead atoms. The molecule has 5 atom stereocenters. The highest BCUT2D eigenvalue weighted by atomic mass is 32.3. The summed E-state index contributed by atoms with van der Waals surface area (Å²) in [6.07, 6.45) is 16.1. The van der Waals surface area contributed by atoms with Crippen LogP contribution in [0.3, 0.4) is 0 Å². The van der Waals surface area contributed by atoms with E-state index in [-0.39, 0.29) is 6.42 Å². The highest BCUT2D eigenvalue weighted by Crippen LogP contribution is 2.20. The van der Waals surface area contributed by atoms with Gasteiger partial charge in [0, 0.05) is 12.0 Å². The molecule has 0 radical (unpaired) electrons. The second kappa shape index (κ2) is 14.9. The number of carbonyl (C=O) groups is 1. The van der Waals surface area contributed by atoms with E-state index in [0.717, 1.165) is 18.9 Å². The summed E-state index contributed by atoms with van der Waals surface area (Å²) in [5, 5.41) is 20.1. The summed E-state index contributed by atoms with van der Waals surface area (Å²) < 4.78 is 42.9. The molecule has 1 heterocycles. The number of aliphatic hydroxyl groups excluding tert-OH is 2. The summed E-state index contributed by atoms with van der Waals surface area (Å²) in [5.41, 5.74) is 0. The summed E-state index contributed by atoms with van der Waals surface area (Å²) >= 11 is 0. The number of cyclic esters (lactones) is 1. The second-order valence-corrected chi connectivity index (χ2v) is 8.51. The van der Waals surface area contributed by atoms with Crippen LogP contribution in [0.2, 0.25) is 0 Å². The molecule has 1 unspecified atom stereocenters. The van der Waals surface area contributed by atoms with E-state index < -0.39 is 46.7 Å². The highest BCUT2D eigenvalue weighted by molar-refractivity contribution is 7.80. The van der Waals surface area contributed by atoms with Crippen molar-refractivity contribution in [3.05, 3.63) is 60.8 Å².